The number of allylic oxidation sites excluding steroid dienone is 1. The first-order valence-corrected chi connectivity index (χ1v) is 7.08. The Balaban J connectivity index is 2.30. The van der Waals surface area contributed by atoms with Crippen molar-refractivity contribution in [3.8, 4) is 0 Å². The molecule has 0 bridgehead atoms. The van der Waals surface area contributed by atoms with Crippen LogP contribution in [0.5, 0.6) is 0 Å². The molecule has 2 rings (SSSR count). The van der Waals surface area contributed by atoms with Gasteiger partial charge in [0.15, 0.2) is 0 Å². The van der Waals surface area contributed by atoms with Crippen molar-refractivity contribution in [1.29, 1.82) is 0 Å². The Morgan fingerprint density at radius 2 is 1.78 bits per heavy atom. The predicted octanol–water partition coefficient (Wildman–Crippen LogP) is 1.64. The van der Waals surface area contributed by atoms with E-state index in [1.807, 2.05) is 42.5 Å². The molecule has 2 aromatic rings. The zero-order valence-electron chi connectivity index (χ0n) is 12.9. The van der Waals surface area contributed by atoms with Gasteiger partial charge in [-0.25, -0.2) is 4.79 Å². The van der Waals surface area contributed by atoms with Gasteiger partial charge in [0.25, 0.3) is 0 Å². The molecule has 0 spiro atoms. The summed E-state index contributed by atoms with van der Waals surface area (Å²) in [6, 6.07) is 9.61. The van der Waals surface area contributed by atoms with E-state index in [4.69, 9.17) is 0 Å². The van der Waals surface area contributed by atoms with Gasteiger partial charge in [-0.2, -0.15) is 0 Å². The molecule has 7 nitrogen and oxygen atoms in total. The summed E-state index contributed by atoms with van der Waals surface area (Å²) in [5.74, 6) is 0. The summed E-state index contributed by atoms with van der Waals surface area (Å²) in [4.78, 5) is 34.3. The fourth-order valence-electron chi connectivity index (χ4n) is 2.34. The van der Waals surface area contributed by atoms with Gasteiger partial charge in [-0.1, -0.05) is 42.5 Å². The van der Waals surface area contributed by atoms with Crippen LogP contribution in [0.2, 0.25) is 0 Å². The Hall–Kier alpha value is -2.96. The average molecular weight is 315 g/mol. The maximum atomic E-state index is 11.9. The molecule has 0 saturated heterocycles. The number of hydrogen-bond donors (Lipinski definition) is 0. The molecule has 7 heteroatoms. The summed E-state index contributed by atoms with van der Waals surface area (Å²) in [6.45, 7) is 0. The van der Waals surface area contributed by atoms with Crippen molar-refractivity contribution >= 4 is 11.8 Å². The standard InChI is InChI=1S/C16H17N3O4/c1-17-13(11-7-6-10-12-8-4-3-5-9-12)14(19(22)23)15(20)18(2)16(17)21/h3-6,8-10H,7,11H2,1-2H3/b10-6+. The van der Waals surface area contributed by atoms with Gasteiger partial charge >= 0.3 is 16.9 Å². The first kappa shape index (κ1) is 16.4. The average Bonchev–Trinajstić information content (AvgIpc) is 2.54. The van der Waals surface area contributed by atoms with Gasteiger partial charge < -0.3 is 0 Å². The zero-order valence-corrected chi connectivity index (χ0v) is 12.9. The van der Waals surface area contributed by atoms with Crippen LogP contribution >= 0.6 is 0 Å². The maximum Gasteiger partial charge on any atom is 0.353 e. The fraction of sp³-hybridized carbons (Fsp3) is 0.250. The topological polar surface area (TPSA) is 87.1 Å². The monoisotopic (exact) mass is 315 g/mol. The largest absolute Gasteiger partial charge is 0.353 e. The zero-order chi connectivity index (χ0) is 17.0. The lowest BCUT2D eigenvalue weighted by atomic mass is 10.1. The van der Waals surface area contributed by atoms with Crippen molar-refractivity contribution in [3.05, 3.63) is 78.6 Å². The molecule has 1 aromatic carbocycles. The number of aromatic nitrogens is 2. The third-order valence-corrected chi connectivity index (χ3v) is 3.60. The molecule has 0 aliphatic carbocycles. The molecular weight excluding hydrogens is 298 g/mol. The summed E-state index contributed by atoms with van der Waals surface area (Å²) in [6.07, 6.45) is 4.48. The minimum Gasteiger partial charge on any atom is -0.294 e. The van der Waals surface area contributed by atoms with Crippen molar-refractivity contribution in [1.82, 2.24) is 9.13 Å². The Kier molecular flexibility index (Phi) is 4.90. The number of nitrogens with zero attached hydrogens (tertiary/aromatic N) is 3. The van der Waals surface area contributed by atoms with Gasteiger partial charge in [0.1, 0.15) is 5.69 Å². The SMILES string of the molecule is Cn1c(CC/C=C/c2ccccc2)c([N+](=O)[O-])c(=O)n(C)c1=O. The Morgan fingerprint density at radius 1 is 1.13 bits per heavy atom. The lowest BCUT2D eigenvalue weighted by Crippen LogP contribution is -2.40. The highest BCUT2D eigenvalue weighted by molar-refractivity contribution is 5.48. The van der Waals surface area contributed by atoms with Crippen molar-refractivity contribution < 1.29 is 4.92 Å². The van der Waals surface area contributed by atoms with Crippen LogP contribution in [0.4, 0.5) is 5.69 Å². The minimum atomic E-state index is -0.875. The second-order valence-electron chi connectivity index (χ2n) is 5.11. The normalized spacial score (nSPS) is 11.0. The molecule has 0 amide bonds. The van der Waals surface area contributed by atoms with Crippen LogP contribution in [0.25, 0.3) is 6.08 Å². The molecule has 23 heavy (non-hydrogen) atoms. The van der Waals surface area contributed by atoms with E-state index in [2.05, 4.69) is 0 Å². The van der Waals surface area contributed by atoms with E-state index in [0.717, 1.165) is 14.7 Å². The van der Waals surface area contributed by atoms with Crippen LogP contribution in [0, 0.1) is 10.1 Å². The molecule has 0 saturated carbocycles. The van der Waals surface area contributed by atoms with E-state index in [1.54, 1.807) is 0 Å². The van der Waals surface area contributed by atoms with E-state index >= 15 is 0 Å². The predicted molar refractivity (Wildman–Crippen MR) is 87.4 cm³/mol. The van der Waals surface area contributed by atoms with Crippen LogP contribution in [0.1, 0.15) is 17.7 Å². The van der Waals surface area contributed by atoms with E-state index < -0.39 is 21.9 Å². The molecule has 0 unspecified atom stereocenters. The summed E-state index contributed by atoms with van der Waals surface area (Å²) in [5, 5.41) is 11.2. The minimum absolute atomic E-state index is 0.140. The number of hydrogen-bond acceptors (Lipinski definition) is 4. The Labute approximate surface area is 132 Å². The van der Waals surface area contributed by atoms with Crippen molar-refractivity contribution in [2.45, 2.75) is 12.8 Å². The molecule has 0 aliphatic rings. The van der Waals surface area contributed by atoms with Crippen LogP contribution < -0.4 is 11.2 Å². The number of rotatable bonds is 5. The molecule has 1 heterocycles. The van der Waals surface area contributed by atoms with Crippen LogP contribution in [0.3, 0.4) is 0 Å². The lowest BCUT2D eigenvalue weighted by molar-refractivity contribution is -0.387. The van der Waals surface area contributed by atoms with Gasteiger partial charge in [-0.3, -0.25) is 24.0 Å². The summed E-state index contributed by atoms with van der Waals surface area (Å²) < 4.78 is 1.91. The van der Waals surface area contributed by atoms with Gasteiger partial charge in [0.05, 0.1) is 4.92 Å². The third-order valence-electron chi connectivity index (χ3n) is 3.60. The molecule has 0 radical (unpaired) electrons. The smallest absolute Gasteiger partial charge is 0.294 e. The Morgan fingerprint density at radius 3 is 2.39 bits per heavy atom. The molecule has 0 N–H and O–H groups in total. The Bertz CT molecular complexity index is 863. The van der Waals surface area contributed by atoms with Crippen LogP contribution in [0.15, 0.2) is 46.0 Å². The van der Waals surface area contributed by atoms with E-state index in [-0.39, 0.29) is 12.1 Å². The molecule has 0 fully saturated rings. The third kappa shape index (κ3) is 3.45. The number of benzene rings is 1. The lowest BCUT2D eigenvalue weighted by Gasteiger charge is -2.09. The molecule has 120 valence electrons. The van der Waals surface area contributed by atoms with E-state index in [0.29, 0.717) is 6.42 Å². The van der Waals surface area contributed by atoms with Crippen molar-refractivity contribution in [2.75, 3.05) is 0 Å². The maximum absolute atomic E-state index is 11.9. The first-order valence-electron chi connectivity index (χ1n) is 7.08. The van der Waals surface area contributed by atoms with Gasteiger partial charge in [-0.05, 0) is 18.4 Å². The number of nitro groups is 1. The highest BCUT2D eigenvalue weighted by atomic mass is 16.6. The summed E-state index contributed by atoms with van der Waals surface area (Å²) in [5.41, 5.74) is -0.828. The van der Waals surface area contributed by atoms with Crippen LogP contribution in [-0.4, -0.2) is 14.1 Å². The fourth-order valence-corrected chi connectivity index (χ4v) is 2.34. The molecule has 0 atom stereocenters. The van der Waals surface area contributed by atoms with Crippen molar-refractivity contribution in [3.63, 3.8) is 0 Å². The molecular formula is C16H17N3O4. The van der Waals surface area contributed by atoms with Gasteiger partial charge in [-0.15, -0.1) is 0 Å². The quantitative estimate of drug-likeness (QED) is 0.620. The highest BCUT2D eigenvalue weighted by Gasteiger charge is 2.24. The summed E-state index contributed by atoms with van der Waals surface area (Å²) in [7, 11) is 2.67. The molecule has 0 aliphatic heterocycles. The van der Waals surface area contributed by atoms with Crippen LogP contribution in [-0.2, 0) is 20.5 Å². The van der Waals surface area contributed by atoms with Gasteiger partial charge in [0, 0.05) is 14.1 Å². The van der Waals surface area contributed by atoms with E-state index in [1.165, 1.54) is 14.1 Å². The van der Waals surface area contributed by atoms with Crippen molar-refractivity contribution in [2.24, 2.45) is 14.1 Å². The first-order chi connectivity index (χ1) is 10.9. The second kappa shape index (κ2) is 6.87. The van der Waals surface area contributed by atoms with E-state index in [9.17, 15) is 19.7 Å². The van der Waals surface area contributed by atoms with Gasteiger partial charge in [0.2, 0.25) is 0 Å². The highest BCUT2D eigenvalue weighted by Crippen LogP contribution is 2.13. The second-order valence-corrected chi connectivity index (χ2v) is 5.11. The molecule has 1 aromatic heterocycles. The summed E-state index contributed by atoms with van der Waals surface area (Å²) >= 11 is 0.